The smallest absolute Gasteiger partial charge is 0.164 e. The first-order valence-corrected chi connectivity index (χ1v) is 15.1. The van der Waals surface area contributed by atoms with E-state index in [1.807, 2.05) is 53.7 Å². The summed E-state index contributed by atoms with van der Waals surface area (Å²) in [6, 6.07) is 18.1. The molecule has 0 saturated heterocycles. The van der Waals surface area contributed by atoms with E-state index in [9.17, 15) is 9.90 Å². The molecule has 5 heteroatoms. The number of carbonyl (C=O) groups excluding carboxylic acids is 1. The summed E-state index contributed by atoms with van der Waals surface area (Å²) in [7, 11) is 0. The Morgan fingerprint density at radius 3 is 2.10 bits per heavy atom. The molecule has 0 aliphatic heterocycles. The number of hydrogen-bond donors (Lipinski definition) is 1. The van der Waals surface area contributed by atoms with Crippen LogP contribution in [0.15, 0.2) is 58.7 Å². The van der Waals surface area contributed by atoms with Crippen LogP contribution in [-0.2, 0) is 24.9 Å². The first-order valence-electron chi connectivity index (χ1n) is 15.1. The van der Waals surface area contributed by atoms with Gasteiger partial charge in [0.25, 0.3) is 0 Å². The molecular formula is C37H48IrNO3-. The SMILES string of the molecule is CCC(C)(CC)C(=O)/C=C(\O)C(C)(CC)CC.Cc1[c-]c(-c2nc3ccccc3c3cc(C(C)C)oc23)cc(C)c1.[Ir]. The number of pyridine rings is 1. The Morgan fingerprint density at radius 1 is 0.952 bits per heavy atom. The third-order valence-corrected chi connectivity index (χ3v) is 8.97. The Morgan fingerprint density at radius 2 is 1.55 bits per heavy atom. The maximum atomic E-state index is 12.2. The Balaban J connectivity index is 0.000000307. The van der Waals surface area contributed by atoms with Gasteiger partial charge < -0.3 is 9.52 Å². The van der Waals surface area contributed by atoms with Crippen molar-refractivity contribution in [3.8, 4) is 11.3 Å². The molecule has 0 spiro atoms. The minimum Gasteiger partial charge on any atom is -0.512 e. The first-order chi connectivity index (χ1) is 19.3. The van der Waals surface area contributed by atoms with Crippen molar-refractivity contribution in [3.63, 3.8) is 0 Å². The maximum Gasteiger partial charge on any atom is 0.164 e. The number of hydrogen-bond acceptors (Lipinski definition) is 4. The van der Waals surface area contributed by atoms with Crippen molar-refractivity contribution in [1.29, 1.82) is 0 Å². The average Bonchev–Trinajstić information content (AvgIpc) is 3.42. The molecule has 0 bridgehead atoms. The molecule has 1 radical (unpaired) electrons. The first kappa shape index (κ1) is 35.4. The van der Waals surface area contributed by atoms with Gasteiger partial charge in [-0.25, -0.2) is 0 Å². The maximum absolute atomic E-state index is 12.2. The van der Waals surface area contributed by atoms with Crippen LogP contribution in [-0.4, -0.2) is 15.9 Å². The number of furan rings is 1. The molecule has 2 aromatic heterocycles. The topological polar surface area (TPSA) is 63.3 Å². The van der Waals surface area contributed by atoms with Gasteiger partial charge in [-0.05, 0) is 37.8 Å². The van der Waals surface area contributed by atoms with Gasteiger partial charge in [-0.15, -0.1) is 34.9 Å². The minimum absolute atomic E-state index is 0. The van der Waals surface area contributed by atoms with Gasteiger partial charge in [-0.2, -0.15) is 0 Å². The molecule has 0 amide bonds. The van der Waals surface area contributed by atoms with Gasteiger partial charge in [0.15, 0.2) is 5.78 Å². The second-order valence-electron chi connectivity index (χ2n) is 12.2. The van der Waals surface area contributed by atoms with E-state index < -0.39 is 0 Å². The summed E-state index contributed by atoms with van der Waals surface area (Å²) in [5.41, 5.74) is 5.44. The van der Waals surface area contributed by atoms with Gasteiger partial charge in [0.1, 0.15) is 17.1 Å². The number of fused-ring (bicyclic) bond motifs is 3. The number of benzene rings is 2. The molecule has 0 aliphatic carbocycles. The fourth-order valence-electron chi connectivity index (χ4n) is 4.93. The molecule has 4 rings (SSSR count). The molecule has 0 fully saturated rings. The third-order valence-electron chi connectivity index (χ3n) is 8.97. The zero-order valence-electron chi connectivity index (χ0n) is 27.1. The number of aliphatic hydroxyl groups is 1. The van der Waals surface area contributed by atoms with Crippen molar-refractivity contribution < 1.29 is 34.4 Å². The molecule has 229 valence electrons. The van der Waals surface area contributed by atoms with E-state index in [2.05, 4.69) is 64.1 Å². The Kier molecular flexibility index (Phi) is 12.3. The largest absolute Gasteiger partial charge is 0.512 e. The van der Waals surface area contributed by atoms with Crippen LogP contribution in [0.4, 0.5) is 0 Å². The van der Waals surface area contributed by atoms with Gasteiger partial charge in [0.2, 0.25) is 0 Å². The fourth-order valence-corrected chi connectivity index (χ4v) is 4.93. The van der Waals surface area contributed by atoms with Crippen molar-refractivity contribution >= 4 is 27.7 Å². The Bertz CT molecular complexity index is 1520. The number of allylic oxidation sites excluding steroid dienone is 2. The minimum atomic E-state index is -0.337. The van der Waals surface area contributed by atoms with Crippen molar-refractivity contribution in [2.45, 2.75) is 101 Å². The number of aromatic nitrogens is 1. The van der Waals surface area contributed by atoms with Gasteiger partial charge in [0, 0.05) is 59.4 Å². The van der Waals surface area contributed by atoms with E-state index in [0.717, 1.165) is 70.1 Å². The molecule has 4 nitrogen and oxygen atoms in total. The molecule has 0 atom stereocenters. The van der Waals surface area contributed by atoms with E-state index >= 15 is 0 Å². The van der Waals surface area contributed by atoms with E-state index in [-0.39, 0.29) is 42.5 Å². The van der Waals surface area contributed by atoms with Crippen LogP contribution in [0.1, 0.15) is 104 Å². The van der Waals surface area contributed by atoms with Gasteiger partial charge in [-0.1, -0.05) is 87.4 Å². The van der Waals surface area contributed by atoms with Crippen LogP contribution >= 0.6 is 0 Å². The number of carbonyl (C=O) groups is 1. The number of ketones is 1. The van der Waals surface area contributed by atoms with Crippen molar-refractivity contribution in [3.05, 3.63) is 77.3 Å². The molecular weight excluding hydrogens is 699 g/mol. The second-order valence-corrected chi connectivity index (χ2v) is 12.2. The fraction of sp³-hybridized carbons (Fsp3) is 0.459. The number of rotatable bonds is 9. The van der Waals surface area contributed by atoms with Crippen LogP contribution in [0.5, 0.6) is 0 Å². The van der Waals surface area contributed by atoms with Crippen molar-refractivity contribution in [1.82, 2.24) is 4.98 Å². The van der Waals surface area contributed by atoms with Gasteiger partial charge in [0.05, 0.1) is 5.52 Å². The molecule has 0 aliphatic rings. The Labute approximate surface area is 266 Å². The molecule has 0 unspecified atom stereocenters. The Hall–Kier alpha value is -2.75. The van der Waals surface area contributed by atoms with Crippen LogP contribution in [0, 0.1) is 30.7 Å². The van der Waals surface area contributed by atoms with Crippen molar-refractivity contribution in [2.24, 2.45) is 10.8 Å². The van der Waals surface area contributed by atoms with Crippen LogP contribution in [0.3, 0.4) is 0 Å². The normalized spacial score (nSPS) is 12.3. The van der Waals surface area contributed by atoms with Crippen molar-refractivity contribution in [2.75, 3.05) is 0 Å². The third kappa shape index (κ3) is 7.60. The van der Waals surface area contributed by atoms with E-state index in [4.69, 9.17) is 9.40 Å². The van der Waals surface area contributed by atoms with Gasteiger partial charge in [-0.3, -0.25) is 9.78 Å². The van der Waals surface area contributed by atoms with E-state index in [1.54, 1.807) is 0 Å². The van der Waals surface area contributed by atoms with E-state index in [1.165, 1.54) is 11.6 Å². The average molecular weight is 747 g/mol. The van der Waals surface area contributed by atoms with Crippen LogP contribution < -0.4 is 0 Å². The molecule has 1 N–H and O–H groups in total. The summed E-state index contributed by atoms with van der Waals surface area (Å²) in [5, 5.41) is 12.4. The number of aliphatic hydroxyl groups excluding tert-OH is 1. The monoisotopic (exact) mass is 747 g/mol. The predicted molar refractivity (Wildman–Crippen MR) is 172 cm³/mol. The number of para-hydroxylation sites is 1. The number of nitrogens with zero attached hydrogens (tertiary/aromatic N) is 1. The van der Waals surface area contributed by atoms with Gasteiger partial charge >= 0.3 is 0 Å². The quantitative estimate of drug-likeness (QED) is 0.105. The standard InChI is InChI=1S/C22H20NO.C15H28O2.Ir/c1-13(2)20-12-18-17-7-5-6-8-19(17)23-21(22(18)24-20)16-10-14(3)9-15(4)11-16;1-7-14(5,8-2)12(16)11-13(17)15(6,9-3)10-4;/h5-10,12-13H,1-4H3;11,16H,7-10H2,1-6H3;/q-1;;/b;12-11-;. The summed E-state index contributed by atoms with van der Waals surface area (Å²) in [6.07, 6.45) is 4.75. The molecule has 4 aromatic rings. The van der Waals surface area contributed by atoms with E-state index in [0.29, 0.717) is 5.92 Å². The summed E-state index contributed by atoms with van der Waals surface area (Å²) in [6.45, 7) is 20.5. The zero-order chi connectivity index (χ0) is 30.5. The summed E-state index contributed by atoms with van der Waals surface area (Å²) in [5.74, 6) is 1.62. The summed E-state index contributed by atoms with van der Waals surface area (Å²) < 4.78 is 6.22. The molecule has 0 saturated carbocycles. The van der Waals surface area contributed by atoms with Crippen LogP contribution in [0.25, 0.3) is 33.1 Å². The summed E-state index contributed by atoms with van der Waals surface area (Å²) in [4.78, 5) is 17.1. The zero-order valence-corrected chi connectivity index (χ0v) is 29.5. The predicted octanol–water partition coefficient (Wildman–Crippen LogP) is 10.8. The summed E-state index contributed by atoms with van der Waals surface area (Å²) >= 11 is 0. The molecule has 2 heterocycles. The molecule has 2 aromatic carbocycles. The van der Waals surface area contributed by atoms with Crippen LogP contribution in [0.2, 0.25) is 0 Å². The number of aryl methyl sites for hydroxylation is 2. The molecule has 42 heavy (non-hydrogen) atoms. The second kappa shape index (κ2) is 14.6.